The average molecular weight is 549 g/mol. The fraction of sp³-hybridized carbons (Fsp3) is 0.440. The minimum Gasteiger partial charge on any atom is -0.486 e. The summed E-state index contributed by atoms with van der Waals surface area (Å²) in [6, 6.07) is 5.47. The molecule has 0 radical (unpaired) electrons. The van der Waals surface area contributed by atoms with Gasteiger partial charge in [-0.05, 0) is 68.9 Å². The first-order chi connectivity index (χ1) is 17.4. The molecule has 1 aliphatic carbocycles. The lowest BCUT2D eigenvalue weighted by Gasteiger charge is -2.09. The van der Waals surface area contributed by atoms with Crippen LogP contribution in [0.15, 0.2) is 23.4 Å². The van der Waals surface area contributed by atoms with Gasteiger partial charge in [-0.3, -0.25) is 4.79 Å². The molecule has 36 heavy (non-hydrogen) atoms. The number of carbonyl (C=O) groups excluding carboxylic acids is 2. The Hall–Kier alpha value is -2.56. The van der Waals surface area contributed by atoms with E-state index in [1.165, 1.54) is 28.0 Å². The number of benzene rings is 1. The Kier molecular flexibility index (Phi) is 8.92. The van der Waals surface area contributed by atoms with Crippen LogP contribution in [0.4, 0.5) is 5.00 Å². The highest BCUT2D eigenvalue weighted by Gasteiger charge is 2.26. The highest BCUT2D eigenvalue weighted by atomic mass is 35.5. The Morgan fingerprint density at radius 1 is 1.22 bits per heavy atom. The van der Waals surface area contributed by atoms with Crippen LogP contribution in [-0.4, -0.2) is 39.0 Å². The van der Waals surface area contributed by atoms with Crippen LogP contribution < -0.4 is 10.1 Å². The minimum absolute atomic E-state index is 0.133. The summed E-state index contributed by atoms with van der Waals surface area (Å²) in [6.07, 6.45) is 5.04. The molecule has 8 nitrogen and oxygen atoms in total. The van der Waals surface area contributed by atoms with E-state index in [2.05, 4.69) is 15.5 Å². The number of thiophene rings is 1. The summed E-state index contributed by atoms with van der Waals surface area (Å²) in [5.74, 6) is 0.888. The van der Waals surface area contributed by atoms with Crippen LogP contribution in [0.25, 0.3) is 0 Å². The molecule has 0 spiro atoms. The van der Waals surface area contributed by atoms with Crippen LogP contribution in [0.1, 0.15) is 58.4 Å². The van der Waals surface area contributed by atoms with Gasteiger partial charge in [-0.15, -0.1) is 21.5 Å². The number of ether oxygens (including phenoxy) is 2. The smallest absolute Gasteiger partial charge is 0.341 e. The van der Waals surface area contributed by atoms with Crippen LogP contribution in [0.2, 0.25) is 5.02 Å². The van der Waals surface area contributed by atoms with E-state index in [4.69, 9.17) is 21.1 Å². The van der Waals surface area contributed by atoms with E-state index in [1.807, 2.05) is 20.0 Å². The number of fused-ring (bicyclic) bond motifs is 1. The quantitative estimate of drug-likeness (QED) is 0.211. The highest BCUT2D eigenvalue weighted by Crippen LogP contribution is 2.38. The molecule has 0 fully saturated rings. The van der Waals surface area contributed by atoms with Crippen molar-refractivity contribution in [3.05, 3.63) is 50.6 Å². The monoisotopic (exact) mass is 548 g/mol. The first-order valence-corrected chi connectivity index (χ1v) is 14.1. The molecule has 2 heterocycles. The third-order valence-corrected chi connectivity index (χ3v) is 8.56. The number of rotatable bonds is 9. The number of thioether (sulfide) groups is 1. The van der Waals surface area contributed by atoms with Crippen molar-refractivity contribution in [1.29, 1.82) is 0 Å². The third-order valence-electron chi connectivity index (χ3n) is 5.91. The molecule has 11 heteroatoms. The van der Waals surface area contributed by atoms with Crippen molar-refractivity contribution < 1.29 is 19.1 Å². The van der Waals surface area contributed by atoms with E-state index in [9.17, 15) is 9.59 Å². The number of nitrogens with zero attached hydrogens (tertiary/aromatic N) is 3. The fourth-order valence-electron chi connectivity index (χ4n) is 3.99. The molecule has 192 valence electrons. The van der Waals surface area contributed by atoms with Gasteiger partial charge in [0.1, 0.15) is 17.4 Å². The zero-order valence-electron chi connectivity index (χ0n) is 20.6. The summed E-state index contributed by atoms with van der Waals surface area (Å²) < 4.78 is 12.9. The first kappa shape index (κ1) is 26.5. The van der Waals surface area contributed by atoms with Gasteiger partial charge < -0.3 is 19.4 Å². The van der Waals surface area contributed by atoms with E-state index >= 15 is 0 Å². The van der Waals surface area contributed by atoms with E-state index in [-0.39, 0.29) is 24.2 Å². The van der Waals surface area contributed by atoms with Gasteiger partial charge in [0.15, 0.2) is 11.0 Å². The summed E-state index contributed by atoms with van der Waals surface area (Å²) in [7, 11) is 1.83. The number of anilines is 1. The van der Waals surface area contributed by atoms with Crippen molar-refractivity contribution in [3.8, 4) is 5.75 Å². The summed E-state index contributed by atoms with van der Waals surface area (Å²) >= 11 is 8.84. The number of halogens is 1. The molecule has 0 aliphatic heterocycles. The van der Waals surface area contributed by atoms with Gasteiger partial charge in [-0.25, -0.2) is 4.79 Å². The molecule has 0 saturated carbocycles. The van der Waals surface area contributed by atoms with Crippen molar-refractivity contribution in [2.45, 2.75) is 57.7 Å². The standard InChI is InChI=1S/C25H29ClN4O4S2/c1-4-33-24(32)22-17-8-6-5-7-9-19(17)36-23(22)27-21(31)14-35-25-29-28-20(30(25)3)13-34-16-10-11-18(26)15(2)12-16/h10-12H,4-9,13-14H2,1-3H3,(H,27,31). The van der Waals surface area contributed by atoms with Crippen LogP contribution in [0.3, 0.4) is 0 Å². The van der Waals surface area contributed by atoms with Crippen molar-refractivity contribution in [1.82, 2.24) is 14.8 Å². The molecule has 0 atom stereocenters. The topological polar surface area (TPSA) is 95.3 Å². The van der Waals surface area contributed by atoms with E-state index < -0.39 is 0 Å². The molecule has 3 aromatic rings. The minimum atomic E-state index is -0.367. The van der Waals surface area contributed by atoms with Gasteiger partial charge in [0.05, 0.1) is 17.9 Å². The second kappa shape index (κ2) is 12.1. The molecule has 1 aromatic carbocycles. The van der Waals surface area contributed by atoms with Crippen molar-refractivity contribution in [2.24, 2.45) is 7.05 Å². The normalized spacial score (nSPS) is 13.1. The second-order valence-corrected chi connectivity index (χ2v) is 10.9. The number of nitrogens with one attached hydrogen (secondary N) is 1. The predicted molar refractivity (Wildman–Crippen MR) is 142 cm³/mol. The predicted octanol–water partition coefficient (Wildman–Crippen LogP) is 5.59. The first-order valence-electron chi connectivity index (χ1n) is 11.9. The number of hydrogen-bond donors (Lipinski definition) is 1. The lowest BCUT2D eigenvalue weighted by Crippen LogP contribution is -2.17. The van der Waals surface area contributed by atoms with Crippen LogP contribution >= 0.6 is 34.7 Å². The molecule has 0 bridgehead atoms. The summed E-state index contributed by atoms with van der Waals surface area (Å²) in [5, 5.41) is 13.2. The van der Waals surface area contributed by atoms with Gasteiger partial charge in [0.25, 0.3) is 0 Å². The third kappa shape index (κ3) is 6.22. The average Bonchev–Trinajstić information content (AvgIpc) is 3.28. The number of aromatic nitrogens is 3. The second-order valence-electron chi connectivity index (χ2n) is 8.48. The Balaban J connectivity index is 1.38. The number of amides is 1. The maximum Gasteiger partial charge on any atom is 0.341 e. The molecular weight excluding hydrogens is 520 g/mol. The zero-order chi connectivity index (χ0) is 25.7. The van der Waals surface area contributed by atoms with Crippen LogP contribution in [0, 0.1) is 6.92 Å². The molecule has 0 saturated heterocycles. The molecule has 2 aromatic heterocycles. The summed E-state index contributed by atoms with van der Waals surface area (Å²) in [6.45, 7) is 4.23. The number of carbonyl (C=O) groups is 2. The Labute approximate surface area is 223 Å². The van der Waals surface area contributed by atoms with E-state index in [0.717, 1.165) is 43.2 Å². The molecule has 0 unspecified atom stereocenters. The van der Waals surface area contributed by atoms with Crippen molar-refractivity contribution in [3.63, 3.8) is 0 Å². The Bertz CT molecular complexity index is 1260. The van der Waals surface area contributed by atoms with Gasteiger partial charge in [-0.2, -0.15) is 0 Å². The lowest BCUT2D eigenvalue weighted by molar-refractivity contribution is -0.113. The van der Waals surface area contributed by atoms with Gasteiger partial charge >= 0.3 is 5.97 Å². The van der Waals surface area contributed by atoms with Gasteiger partial charge in [0.2, 0.25) is 5.91 Å². The SMILES string of the molecule is CCOC(=O)c1c(NC(=O)CSc2nnc(COc3ccc(Cl)c(C)c3)n2C)sc2c1CCCCC2. The summed E-state index contributed by atoms with van der Waals surface area (Å²) in [4.78, 5) is 26.7. The molecular formula is C25H29ClN4O4S2. The van der Waals surface area contributed by atoms with Gasteiger partial charge in [0, 0.05) is 16.9 Å². The highest BCUT2D eigenvalue weighted by molar-refractivity contribution is 7.99. The molecule has 1 amide bonds. The number of esters is 1. The van der Waals surface area contributed by atoms with Crippen LogP contribution in [-0.2, 0) is 36.0 Å². The maximum absolute atomic E-state index is 12.8. The lowest BCUT2D eigenvalue weighted by atomic mass is 10.1. The Morgan fingerprint density at radius 2 is 2.03 bits per heavy atom. The Morgan fingerprint density at radius 3 is 2.81 bits per heavy atom. The molecule has 1 aliphatic rings. The number of hydrogen-bond acceptors (Lipinski definition) is 8. The van der Waals surface area contributed by atoms with Gasteiger partial charge in [-0.1, -0.05) is 29.8 Å². The largest absolute Gasteiger partial charge is 0.486 e. The fourth-order valence-corrected chi connectivity index (χ4v) is 6.14. The zero-order valence-corrected chi connectivity index (χ0v) is 22.9. The maximum atomic E-state index is 12.8. The van der Waals surface area contributed by atoms with Crippen LogP contribution in [0.5, 0.6) is 5.75 Å². The van der Waals surface area contributed by atoms with Crippen molar-refractivity contribution in [2.75, 3.05) is 17.7 Å². The van der Waals surface area contributed by atoms with E-state index in [1.54, 1.807) is 23.6 Å². The molecule has 4 rings (SSSR count). The number of aryl methyl sites for hydroxylation is 2. The summed E-state index contributed by atoms with van der Waals surface area (Å²) in [5.41, 5.74) is 2.49. The van der Waals surface area contributed by atoms with E-state index in [0.29, 0.717) is 38.9 Å². The molecule has 1 N–H and O–H groups in total. The van der Waals surface area contributed by atoms with Crippen molar-refractivity contribution >= 4 is 51.6 Å².